The van der Waals surface area contributed by atoms with Gasteiger partial charge in [0, 0.05) is 47.5 Å². The van der Waals surface area contributed by atoms with Crippen molar-refractivity contribution in [2.45, 2.75) is 26.4 Å². The van der Waals surface area contributed by atoms with Gasteiger partial charge in [-0.1, -0.05) is 0 Å². The Bertz CT molecular complexity index is 1040. The molecule has 3 amide bonds. The summed E-state index contributed by atoms with van der Waals surface area (Å²) in [5.74, 6) is 1.22. The van der Waals surface area contributed by atoms with E-state index in [9.17, 15) is 14.4 Å². The van der Waals surface area contributed by atoms with Crippen LogP contribution in [0, 0.1) is 0 Å². The first-order chi connectivity index (χ1) is 16.5. The van der Waals surface area contributed by atoms with Crippen molar-refractivity contribution in [2.75, 3.05) is 49.1 Å². The van der Waals surface area contributed by atoms with Crippen LogP contribution in [0.5, 0.6) is 0 Å². The van der Waals surface area contributed by atoms with Gasteiger partial charge in [0.1, 0.15) is 23.8 Å². The molecule has 4 heterocycles. The lowest BCUT2D eigenvalue weighted by Gasteiger charge is -2.34. The minimum atomic E-state index is -0.565. The molecule has 2 aromatic rings. The van der Waals surface area contributed by atoms with Crippen molar-refractivity contribution in [3.05, 3.63) is 45.6 Å². The molecule has 0 aromatic carbocycles. The summed E-state index contributed by atoms with van der Waals surface area (Å²) in [4.78, 5) is 48.7. The predicted molar refractivity (Wildman–Crippen MR) is 139 cm³/mol. The van der Waals surface area contributed by atoms with E-state index in [0.717, 1.165) is 21.3 Å². The van der Waals surface area contributed by atoms with E-state index in [0.29, 0.717) is 32.0 Å². The number of aromatic nitrogens is 2. The van der Waals surface area contributed by atoms with Crippen molar-refractivity contribution in [1.82, 2.24) is 20.2 Å². The van der Waals surface area contributed by atoms with Gasteiger partial charge >= 0.3 is 6.09 Å². The van der Waals surface area contributed by atoms with E-state index in [2.05, 4.69) is 47.1 Å². The first kappa shape index (κ1) is 27.0. The molecule has 1 N–H and O–H groups in total. The molecule has 12 heteroatoms. The molecule has 0 spiro atoms. The molecule has 2 saturated heterocycles. The van der Waals surface area contributed by atoms with Crippen LogP contribution < -0.4 is 15.1 Å². The van der Waals surface area contributed by atoms with Crippen LogP contribution >= 0.6 is 31.9 Å². The predicted octanol–water partition coefficient (Wildman–Crippen LogP) is 3.21. The Morgan fingerprint density at radius 2 is 1.49 bits per heavy atom. The fourth-order valence-electron chi connectivity index (χ4n) is 3.30. The molecule has 0 bridgehead atoms. The van der Waals surface area contributed by atoms with Crippen molar-refractivity contribution < 1.29 is 19.1 Å². The van der Waals surface area contributed by atoms with Crippen LogP contribution in [0.1, 0.15) is 20.8 Å². The largest absolute Gasteiger partial charge is 0.444 e. The zero-order valence-corrected chi connectivity index (χ0v) is 23.0. The smallest absolute Gasteiger partial charge is 0.410 e. The SMILES string of the molecule is CC(C)(C)OC(=O)N1CCN(c2ccc(Br)cn2)C(=O)C1.O=C1CNCCN1c1ccc(Br)cn1. The zero-order valence-electron chi connectivity index (χ0n) is 19.8. The average Bonchev–Trinajstić information content (AvgIpc) is 2.80. The number of anilines is 2. The summed E-state index contributed by atoms with van der Waals surface area (Å²) in [5, 5.41) is 3.02. The number of halogens is 2. The molecule has 2 aromatic heterocycles. The number of piperazine rings is 2. The van der Waals surface area contributed by atoms with Crippen molar-refractivity contribution >= 4 is 61.4 Å². The Balaban J connectivity index is 0.000000211. The summed E-state index contributed by atoms with van der Waals surface area (Å²) in [6, 6.07) is 7.33. The number of nitrogens with one attached hydrogen (secondary N) is 1. The van der Waals surface area contributed by atoms with Crippen molar-refractivity contribution in [3.8, 4) is 0 Å². The highest BCUT2D eigenvalue weighted by molar-refractivity contribution is 9.10. The molecule has 2 aliphatic heterocycles. The highest BCUT2D eigenvalue weighted by Crippen LogP contribution is 2.19. The number of amides is 3. The van der Waals surface area contributed by atoms with Gasteiger partial charge in [-0.15, -0.1) is 0 Å². The number of carbonyl (C=O) groups is 3. The third-order valence-corrected chi connectivity index (χ3v) is 5.88. The van der Waals surface area contributed by atoms with E-state index in [4.69, 9.17) is 4.74 Å². The van der Waals surface area contributed by atoms with Crippen LogP contribution in [-0.4, -0.2) is 77.6 Å². The number of ether oxygens (including phenoxy) is 1. The van der Waals surface area contributed by atoms with Crippen molar-refractivity contribution in [1.29, 1.82) is 0 Å². The van der Waals surface area contributed by atoms with Crippen molar-refractivity contribution in [2.24, 2.45) is 0 Å². The minimum absolute atomic E-state index is 0.00660. The molecular formula is C23H28Br2N6O4. The maximum Gasteiger partial charge on any atom is 0.410 e. The number of hydrogen-bond donors (Lipinski definition) is 1. The minimum Gasteiger partial charge on any atom is -0.444 e. The topological polar surface area (TPSA) is 108 Å². The number of carbonyl (C=O) groups excluding carboxylic acids is 3. The molecule has 35 heavy (non-hydrogen) atoms. The van der Waals surface area contributed by atoms with Crippen LogP contribution in [0.2, 0.25) is 0 Å². The van der Waals surface area contributed by atoms with E-state index in [-0.39, 0.29) is 18.4 Å². The second kappa shape index (κ2) is 11.9. The number of rotatable bonds is 2. The summed E-state index contributed by atoms with van der Waals surface area (Å²) in [6.45, 7) is 8.16. The summed E-state index contributed by atoms with van der Waals surface area (Å²) in [5.41, 5.74) is -0.565. The Morgan fingerprint density at radius 3 is 1.94 bits per heavy atom. The van der Waals surface area contributed by atoms with Crippen LogP contribution in [0.4, 0.5) is 16.4 Å². The molecule has 188 valence electrons. The summed E-state index contributed by atoms with van der Waals surface area (Å²) in [7, 11) is 0. The Hall–Kier alpha value is -2.57. The molecule has 2 fully saturated rings. The summed E-state index contributed by atoms with van der Waals surface area (Å²) < 4.78 is 7.05. The van der Waals surface area contributed by atoms with Crippen LogP contribution in [-0.2, 0) is 14.3 Å². The quantitative estimate of drug-likeness (QED) is 0.556. The molecule has 0 aliphatic carbocycles. The zero-order chi connectivity index (χ0) is 25.6. The lowest BCUT2D eigenvalue weighted by molar-refractivity contribution is -0.121. The van der Waals surface area contributed by atoms with Gasteiger partial charge in [-0.2, -0.15) is 0 Å². The van der Waals surface area contributed by atoms with Crippen LogP contribution in [0.25, 0.3) is 0 Å². The van der Waals surface area contributed by atoms with Crippen LogP contribution in [0.3, 0.4) is 0 Å². The maximum atomic E-state index is 12.2. The van der Waals surface area contributed by atoms with Gasteiger partial charge in [-0.25, -0.2) is 14.8 Å². The lowest BCUT2D eigenvalue weighted by atomic mass is 10.2. The van der Waals surface area contributed by atoms with Gasteiger partial charge in [0.15, 0.2) is 0 Å². The number of hydrogen-bond acceptors (Lipinski definition) is 7. The third-order valence-electron chi connectivity index (χ3n) is 4.94. The fourth-order valence-corrected chi connectivity index (χ4v) is 3.77. The third kappa shape index (κ3) is 7.97. The Labute approximate surface area is 221 Å². The Morgan fingerprint density at radius 1 is 0.914 bits per heavy atom. The van der Waals surface area contributed by atoms with Crippen LogP contribution in [0.15, 0.2) is 45.6 Å². The second-order valence-corrected chi connectivity index (χ2v) is 10.7. The highest BCUT2D eigenvalue weighted by atomic mass is 79.9. The van der Waals surface area contributed by atoms with E-state index in [1.54, 1.807) is 49.0 Å². The van der Waals surface area contributed by atoms with E-state index < -0.39 is 11.7 Å². The lowest BCUT2D eigenvalue weighted by Crippen LogP contribution is -2.53. The second-order valence-electron chi connectivity index (χ2n) is 8.84. The molecule has 4 rings (SSSR count). The summed E-state index contributed by atoms with van der Waals surface area (Å²) >= 11 is 6.61. The van der Waals surface area contributed by atoms with E-state index >= 15 is 0 Å². The number of nitrogens with zero attached hydrogens (tertiary/aromatic N) is 5. The van der Waals surface area contributed by atoms with Gasteiger partial charge < -0.3 is 10.1 Å². The average molecular weight is 612 g/mol. The van der Waals surface area contributed by atoms with Gasteiger partial charge in [0.25, 0.3) is 0 Å². The highest BCUT2D eigenvalue weighted by Gasteiger charge is 2.31. The normalized spacial score (nSPS) is 16.5. The van der Waals surface area contributed by atoms with Gasteiger partial charge in [-0.3, -0.25) is 24.3 Å². The molecule has 0 radical (unpaired) electrons. The maximum absolute atomic E-state index is 12.2. The Kier molecular flexibility index (Phi) is 9.20. The molecule has 0 saturated carbocycles. The van der Waals surface area contributed by atoms with Gasteiger partial charge in [-0.05, 0) is 76.9 Å². The first-order valence-electron chi connectivity index (χ1n) is 11.1. The molecule has 2 aliphatic rings. The van der Waals surface area contributed by atoms with E-state index in [1.807, 2.05) is 18.2 Å². The number of pyridine rings is 2. The standard InChI is InChI=1S/C14H18BrN3O3.C9H10BrN3O/c1-14(2,3)21-13(20)17-6-7-18(12(19)9-17)11-5-4-10(15)8-16-11;10-7-1-2-8(12-5-7)13-4-3-11-6-9(13)14/h4-5,8H,6-7,9H2,1-3H3;1-2,5,11H,3-4,6H2. The van der Waals surface area contributed by atoms with E-state index in [1.165, 1.54) is 4.90 Å². The molecular weight excluding hydrogens is 584 g/mol. The monoisotopic (exact) mass is 610 g/mol. The van der Waals surface area contributed by atoms with Gasteiger partial charge in [0.2, 0.25) is 11.8 Å². The first-order valence-corrected chi connectivity index (χ1v) is 12.6. The van der Waals surface area contributed by atoms with Gasteiger partial charge in [0.05, 0.1) is 6.54 Å². The molecule has 0 atom stereocenters. The fraction of sp³-hybridized carbons (Fsp3) is 0.435. The molecule has 10 nitrogen and oxygen atoms in total. The van der Waals surface area contributed by atoms with Crippen molar-refractivity contribution in [3.63, 3.8) is 0 Å². The summed E-state index contributed by atoms with van der Waals surface area (Å²) in [6.07, 6.45) is 2.88. The molecule has 0 unspecified atom stereocenters.